The van der Waals surface area contributed by atoms with Crippen molar-refractivity contribution in [3.8, 4) is 0 Å². The molecule has 0 aliphatic carbocycles. The van der Waals surface area contributed by atoms with Gasteiger partial charge in [-0.05, 0) is 20.3 Å². The first kappa shape index (κ1) is 16.9. The standard InChI is InChI=1S/C11H22N2O4S/c1-4-13(7-5-10(14)15)11(16)12-9(2)6-8-18(3)17/h9H,4-8H2,1-3H3,(H,12,16)(H,14,15). The summed E-state index contributed by atoms with van der Waals surface area (Å²) in [4.78, 5) is 23.7. The average Bonchev–Trinajstić information content (AvgIpc) is 2.26. The fourth-order valence-electron chi connectivity index (χ4n) is 1.35. The number of nitrogens with zero attached hydrogens (tertiary/aromatic N) is 1. The predicted molar refractivity (Wildman–Crippen MR) is 71.0 cm³/mol. The van der Waals surface area contributed by atoms with E-state index in [1.165, 1.54) is 4.90 Å². The molecule has 0 heterocycles. The number of hydrogen-bond acceptors (Lipinski definition) is 3. The van der Waals surface area contributed by atoms with E-state index >= 15 is 0 Å². The largest absolute Gasteiger partial charge is 0.481 e. The van der Waals surface area contributed by atoms with Crippen LogP contribution in [0.25, 0.3) is 0 Å². The number of rotatable bonds is 8. The Morgan fingerprint density at radius 2 is 2.06 bits per heavy atom. The molecular formula is C11H22N2O4S. The lowest BCUT2D eigenvalue weighted by Crippen LogP contribution is -2.44. The molecule has 0 radical (unpaired) electrons. The fourth-order valence-corrected chi connectivity index (χ4v) is 2.04. The molecule has 0 rings (SSSR count). The lowest BCUT2D eigenvalue weighted by atomic mass is 10.2. The summed E-state index contributed by atoms with van der Waals surface area (Å²) >= 11 is 0. The van der Waals surface area contributed by atoms with Crippen molar-refractivity contribution in [3.05, 3.63) is 0 Å². The molecule has 7 heteroatoms. The van der Waals surface area contributed by atoms with Crippen LogP contribution in [0.3, 0.4) is 0 Å². The third kappa shape index (κ3) is 8.05. The van der Waals surface area contributed by atoms with E-state index in [-0.39, 0.29) is 25.0 Å². The van der Waals surface area contributed by atoms with E-state index in [4.69, 9.17) is 5.11 Å². The number of urea groups is 1. The molecule has 0 aromatic rings. The van der Waals surface area contributed by atoms with Crippen molar-refractivity contribution in [1.82, 2.24) is 10.2 Å². The van der Waals surface area contributed by atoms with E-state index in [1.54, 1.807) is 13.2 Å². The van der Waals surface area contributed by atoms with Crippen LogP contribution < -0.4 is 5.32 Å². The zero-order valence-corrected chi connectivity index (χ0v) is 12.0. The van der Waals surface area contributed by atoms with Gasteiger partial charge in [0, 0.05) is 41.9 Å². The molecule has 0 aliphatic heterocycles. The second-order valence-corrected chi connectivity index (χ2v) is 5.69. The van der Waals surface area contributed by atoms with Crippen molar-refractivity contribution in [1.29, 1.82) is 0 Å². The molecule has 18 heavy (non-hydrogen) atoms. The smallest absolute Gasteiger partial charge is 0.317 e. The summed E-state index contributed by atoms with van der Waals surface area (Å²) in [6.07, 6.45) is 2.21. The number of carboxylic acid groups (broad SMARTS) is 1. The van der Waals surface area contributed by atoms with E-state index in [2.05, 4.69) is 5.32 Å². The Morgan fingerprint density at radius 1 is 1.44 bits per heavy atom. The van der Waals surface area contributed by atoms with E-state index in [9.17, 15) is 13.8 Å². The highest BCUT2D eigenvalue weighted by molar-refractivity contribution is 7.84. The molecule has 6 nitrogen and oxygen atoms in total. The maximum Gasteiger partial charge on any atom is 0.317 e. The van der Waals surface area contributed by atoms with E-state index in [0.29, 0.717) is 18.7 Å². The summed E-state index contributed by atoms with van der Waals surface area (Å²) in [6.45, 7) is 4.30. The predicted octanol–water partition coefficient (Wildman–Crippen LogP) is 0.650. The molecule has 0 bridgehead atoms. The molecule has 0 aliphatic rings. The van der Waals surface area contributed by atoms with Crippen LogP contribution >= 0.6 is 0 Å². The number of carbonyl (C=O) groups is 2. The highest BCUT2D eigenvalue weighted by Gasteiger charge is 2.15. The molecule has 0 fully saturated rings. The van der Waals surface area contributed by atoms with Gasteiger partial charge in [-0.1, -0.05) is 0 Å². The zero-order valence-electron chi connectivity index (χ0n) is 11.1. The van der Waals surface area contributed by atoms with Crippen molar-refractivity contribution >= 4 is 22.8 Å². The zero-order chi connectivity index (χ0) is 14.1. The summed E-state index contributed by atoms with van der Waals surface area (Å²) in [5.74, 6) is -0.376. The van der Waals surface area contributed by atoms with Crippen LogP contribution in [-0.4, -0.2) is 57.4 Å². The molecular weight excluding hydrogens is 256 g/mol. The first-order valence-corrected chi connectivity index (χ1v) is 7.66. The van der Waals surface area contributed by atoms with E-state index in [1.807, 2.05) is 6.92 Å². The van der Waals surface area contributed by atoms with Gasteiger partial charge in [0.2, 0.25) is 0 Å². The summed E-state index contributed by atoms with van der Waals surface area (Å²) in [5, 5.41) is 11.3. The van der Waals surface area contributed by atoms with Crippen LogP contribution in [0.15, 0.2) is 0 Å². The minimum absolute atomic E-state index is 0.0609. The maximum absolute atomic E-state index is 11.8. The Bertz CT molecular complexity index is 309. The molecule has 106 valence electrons. The highest BCUT2D eigenvalue weighted by Crippen LogP contribution is 1.97. The van der Waals surface area contributed by atoms with Crippen LogP contribution in [0.4, 0.5) is 4.79 Å². The van der Waals surface area contributed by atoms with Gasteiger partial charge in [0.05, 0.1) is 6.42 Å². The van der Waals surface area contributed by atoms with E-state index in [0.717, 1.165) is 0 Å². The van der Waals surface area contributed by atoms with Crippen molar-refractivity contribution in [2.75, 3.05) is 25.1 Å². The van der Waals surface area contributed by atoms with Gasteiger partial charge in [-0.3, -0.25) is 9.00 Å². The molecule has 0 saturated carbocycles. The Hall–Kier alpha value is -1.11. The van der Waals surface area contributed by atoms with Crippen molar-refractivity contribution in [2.24, 2.45) is 0 Å². The number of carboxylic acids is 1. The van der Waals surface area contributed by atoms with Gasteiger partial charge in [-0.15, -0.1) is 0 Å². The number of aliphatic carboxylic acids is 1. The Balaban J connectivity index is 4.09. The molecule has 2 amide bonds. The molecule has 0 aromatic carbocycles. The van der Waals surface area contributed by atoms with Gasteiger partial charge in [-0.25, -0.2) is 4.79 Å². The van der Waals surface area contributed by atoms with Gasteiger partial charge in [0.25, 0.3) is 0 Å². The van der Waals surface area contributed by atoms with E-state index < -0.39 is 16.8 Å². The second kappa shape index (κ2) is 8.91. The quantitative estimate of drug-likeness (QED) is 0.682. The van der Waals surface area contributed by atoms with Gasteiger partial charge in [0.15, 0.2) is 0 Å². The lowest BCUT2D eigenvalue weighted by molar-refractivity contribution is -0.137. The lowest BCUT2D eigenvalue weighted by Gasteiger charge is -2.23. The monoisotopic (exact) mass is 278 g/mol. The maximum atomic E-state index is 11.8. The van der Waals surface area contributed by atoms with Crippen LogP contribution in [0.2, 0.25) is 0 Å². The molecule has 2 unspecified atom stereocenters. The summed E-state index contributed by atoms with van der Waals surface area (Å²) in [7, 11) is -0.866. The first-order chi connectivity index (χ1) is 8.36. The highest BCUT2D eigenvalue weighted by atomic mass is 32.2. The van der Waals surface area contributed by atoms with Crippen LogP contribution in [0, 0.1) is 0 Å². The Labute approximate surface area is 110 Å². The van der Waals surface area contributed by atoms with Crippen LogP contribution in [-0.2, 0) is 15.6 Å². The molecule has 0 saturated heterocycles. The summed E-state index contributed by atoms with van der Waals surface area (Å²) in [6, 6.07) is -0.339. The average molecular weight is 278 g/mol. The molecule has 0 spiro atoms. The third-order valence-electron chi connectivity index (χ3n) is 2.47. The van der Waals surface area contributed by atoms with Crippen molar-refractivity contribution < 1.29 is 18.9 Å². The number of carbonyl (C=O) groups excluding carboxylic acids is 1. The minimum atomic E-state index is -0.921. The van der Waals surface area contributed by atoms with Crippen molar-refractivity contribution in [3.63, 3.8) is 0 Å². The second-order valence-electron chi connectivity index (χ2n) is 4.14. The normalized spacial score (nSPS) is 13.7. The van der Waals surface area contributed by atoms with Crippen LogP contribution in [0.1, 0.15) is 26.7 Å². The third-order valence-corrected chi connectivity index (χ3v) is 3.28. The Kier molecular flexibility index (Phi) is 8.36. The summed E-state index contributed by atoms with van der Waals surface area (Å²) in [5.41, 5.74) is 0. The minimum Gasteiger partial charge on any atom is -0.481 e. The van der Waals surface area contributed by atoms with Gasteiger partial charge < -0.3 is 15.3 Å². The van der Waals surface area contributed by atoms with Gasteiger partial charge in [-0.2, -0.15) is 0 Å². The molecule has 2 N–H and O–H groups in total. The summed E-state index contributed by atoms with van der Waals surface area (Å²) < 4.78 is 10.9. The van der Waals surface area contributed by atoms with Gasteiger partial charge >= 0.3 is 12.0 Å². The number of nitrogens with one attached hydrogen (secondary N) is 1. The van der Waals surface area contributed by atoms with Crippen LogP contribution in [0.5, 0.6) is 0 Å². The fraction of sp³-hybridized carbons (Fsp3) is 0.818. The molecule has 2 atom stereocenters. The topological polar surface area (TPSA) is 86.7 Å². The SMILES string of the molecule is CCN(CCC(=O)O)C(=O)NC(C)CCS(C)=O. The first-order valence-electron chi connectivity index (χ1n) is 5.94. The molecule has 0 aromatic heterocycles. The number of hydrogen-bond donors (Lipinski definition) is 2. The van der Waals surface area contributed by atoms with Gasteiger partial charge in [0.1, 0.15) is 0 Å². The number of amides is 2. The Morgan fingerprint density at radius 3 is 2.50 bits per heavy atom. The van der Waals surface area contributed by atoms with Crippen molar-refractivity contribution in [2.45, 2.75) is 32.7 Å².